The quantitative estimate of drug-likeness (QED) is 0.394. The first-order valence-electron chi connectivity index (χ1n) is 9.16. The number of phenolic OH excluding ortho intramolecular Hbond substituents is 1. The van der Waals surface area contributed by atoms with Crippen LogP contribution < -0.4 is 10.2 Å². The predicted octanol–water partition coefficient (Wildman–Crippen LogP) is 3.77. The summed E-state index contributed by atoms with van der Waals surface area (Å²) in [4.78, 5) is 21.6. The number of nitrogens with one attached hydrogen (secondary N) is 1. The van der Waals surface area contributed by atoms with Crippen LogP contribution in [0, 0.1) is 0 Å². The Balaban J connectivity index is 1.66. The number of hydrazone groups is 1. The van der Waals surface area contributed by atoms with Crippen LogP contribution in [0.4, 0.5) is 0 Å². The molecule has 0 saturated carbocycles. The van der Waals surface area contributed by atoms with Gasteiger partial charge in [0.2, 0.25) is 0 Å². The van der Waals surface area contributed by atoms with Crippen LogP contribution in [0.3, 0.4) is 0 Å². The van der Waals surface area contributed by atoms with Crippen LogP contribution in [-0.4, -0.2) is 34.3 Å². The van der Waals surface area contributed by atoms with Gasteiger partial charge in [-0.3, -0.25) is 9.78 Å². The molecule has 0 fully saturated rings. The second-order valence-corrected chi connectivity index (χ2v) is 6.43. The number of pyridine rings is 2. The number of fused-ring (bicyclic) bond motifs is 1. The molecule has 30 heavy (non-hydrogen) atoms. The highest BCUT2D eigenvalue weighted by Crippen LogP contribution is 2.25. The van der Waals surface area contributed by atoms with Crippen LogP contribution in [-0.2, 0) is 0 Å². The fourth-order valence-corrected chi connectivity index (χ4v) is 3.02. The number of benzene rings is 2. The topological polar surface area (TPSA) is 96.7 Å². The zero-order valence-electron chi connectivity index (χ0n) is 16.1. The summed E-state index contributed by atoms with van der Waals surface area (Å²) in [6.07, 6.45) is 4.72. The predicted molar refractivity (Wildman–Crippen MR) is 115 cm³/mol. The van der Waals surface area contributed by atoms with Gasteiger partial charge in [0.1, 0.15) is 11.5 Å². The molecule has 0 spiro atoms. The van der Waals surface area contributed by atoms with Crippen LogP contribution in [0.2, 0.25) is 0 Å². The van der Waals surface area contributed by atoms with Crippen molar-refractivity contribution in [3.05, 3.63) is 84.2 Å². The fourth-order valence-electron chi connectivity index (χ4n) is 3.02. The first-order valence-corrected chi connectivity index (χ1v) is 9.16. The van der Waals surface area contributed by atoms with Gasteiger partial charge in [0.15, 0.2) is 0 Å². The number of ether oxygens (including phenoxy) is 1. The van der Waals surface area contributed by atoms with Gasteiger partial charge < -0.3 is 9.84 Å². The van der Waals surface area contributed by atoms with Gasteiger partial charge in [-0.2, -0.15) is 5.10 Å². The maximum Gasteiger partial charge on any atom is 0.272 e. The second kappa shape index (κ2) is 8.40. The molecule has 0 aliphatic carbocycles. The third-order valence-electron chi connectivity index (χ3n) is 4.54. The zero-order chi connectivity index (χ0) is 20.9. The molecule has 0 saturated heterocycles. The molecule has 2 N–H and O–H groups in total. The lowest BCUT2D eigenvalue weighted by Crippen LogP contribution is -2.18. The summed E-state index contributed by atoms with van der Waals surface area (Å²) in [5.74, 6) is 0.216. The van der Waals surface area contributed by atoms with E-state index in [0.717, 1.165) is 5.56 Å². The number of methoxy groups -OCH3 is 1. The zero-order valence-corrected chi connectivity index (χ0v) is 16.1. The van der Waals surface area contributed by atoms with E-state index in [1.165, 1.54) is 19.4 Å². The number of aromatic hydroxyl groups is 1. The number of nitrogens with zero attached hydrogens (tertiary/aromatic N) is 3. The van der Waals surface area contributed by atoms with Crippen molar-refractivity contribution in [1.29, 1.82) is 0 Å². The van der Waals surface area contributed by atoms with E-state index in [1.807, 2.05) is 36.4 Å². The normalized spacial score (nSPS) is 11.0. The van der Waals surface area contributed by atoms with Crippen LogP contribution in [0.1, 0.15) is 15.9 Å². The molecular formula is C23H18N4O3. The smallest absolute Gasteiger partial charge is 0.272 e. The Labute approximate surface area is 172 Å². The highest BCUT2D eigenvalue weighted by atomic mass is 16.5. The van der Waals surface area contributed by atoms with Crippen molar-refractivity contribution in [2.24, 2.45) is 5.10 Å². The van der Waals surface area contributed by atoms with Gasteiger partial charge in [-0.1, -0.05) is 18.2 Å². The molecule has 1 amide bonds. The van der Waals surface area contributed by atoms with Crippen molar-refractivity contribution < 1.29 is 14.6 Å². The lowest BCUT2D eigenvalue weighted by molar-refractivity contribution is 0.0956. The van der Waals surface area contributed by atoms with Crippen molar-refractivity contribution in [1.82, 2.24) is 15.4 Å². The van der Waals surface area contributed by atoms with Crippen molar-refractivity contribution in [2.45, 2.75) is 0 Å². The van der Waals surface area contributed by atoms with Crippen LogP contribution in [0.15, 0.2) is 78.2 Å². The molecular weight excluding hydrogens is 380 g/mol. The molecule has 148 valence electrons. The van der Waals surface area contributed by atoms with E-state index in [2.05, 4.69) is 20.5 Å². The van der Waals surface area contributed by atoms with Crippen molar-refractivity contribution in [2.75, 3.05) is 7.11 Å². The van der Waals surface area contributed by atoms with E-state index < -0.39 is 0 Å². The Morgan fingerprint density at radius 2 is 1.90 bits per heavy atom. The number of aromatic nitrogens is 2. The summed E-state index contributed by atoms with van der Waals surface area (Å²) in [6.45, 7) is 0. The van der Waals surface area contributed by atoms with Gasteiger partial charge in [-0.25, -0.2) is 10.4 Å². The molecule has 0 aliphatic rings. The van der Waals surface area contributed by atoms with Gasteiger partial charge in [0, 0.05) is 28.9 Å². The number of para-hydroxylation sites is 1. The molecule has 0 aliphatic heterocycles. The fraction of sp³-hybridized carbons (Fsp3) is 0.0435. The molecule has 0 unspecified atom stereocenters. The molecule has 2 heterocycles. The van der Waals surface area contributed by atoms with Gasteiger partial charge >= 0.3 is 0 Å². The van der Waals surface area contributed by atoms with Crippen LogP contribution in [0.25, 0.3) is 22.2 Å². The minimum Gasteiger partial charge on any atom is -0.507 e. The Morgan fingerprint density at radius 3 is 2.70 bits per heavy atom. The first kappa shape index (κ1) is 19.1. The van der Waals surface area contributed by atoms with E-state index in [-0.39, 0.29) is 11.7 Å². The molecule has 7 heteroatoms. The molecule has 4 rings (SSSR count). The highest BCUT2D eigenvalue weighted by Gasteiger charge is 2.13. The third-order valence-corrected chi connectivity index (χ3v) is 4.54. The van der Waals surface area contributed by atoms with Crippen molar-refractivity contribution in [3.8, 4) is 22.8 Å². The molecule has 2 aromatic carbocycles. The lowest BCUT2D eigenvalue weighted by Gasteiger charge is -2.09. The van der Waals surface area contributed by atoms with E-state index in [4.69, 9.17) is 4.74 Å². The van der Waals surface area contributed by atoms with Crippen LogP contribution >= 0.6 is 0 Å². The third kappa shape index (κ3) is 3.95. The van der Waals surface area contributed by atoms with E-state index in [0.29, 0.717) is 33.5 Å². The Bertz CT molecular complexity index is 1240. The number of hydrogen-bond acceptors (Lipinski definition) is 6. The molecule has 0 atom stereocenters. The minimum absolute atomic E-state index is 0.0307. The van der Waals surface area contributed by atoms with Crippen molar-refractivity contribution >= 4 is 23.0 Å². The largest absolute Gasteiger partial charge is 0.507 e. The van der Waals surface area contributed by atoms with Gasteiger partial charge in [0.25, 0.3) is 5.91 Å². The van der Waals surface area contributed by atoms with Crippen LogP contribution in [0.5, 0.6) is 11.5 Å². The lowest BCUT2D eigenvalue weighted by atomic mass is 10.0. The Hall–Kier alpha value is -4.26. The Kier molecular flexibility index (Phi) is 5.34. The van der Waals surface area contributed by atoms with Gasteiger partial charge in [0.05, 0.1) is 30.1 Å². The number of carbonyl (C=O) groups is 1. The second-order valence-electron chi connectivity index (χ2n) is 6.43. The summed E-state index contributed by atoms with van der Waals surface area (Å²) in [7, 11) is 1.53. The summed E-state index contributed by atoms with van der Waals surface area (Å²) in [5, 5.41) is 14.7. The van der Waals surface area contributed by atoms with E-state index >= 15 is 0 Å². The average Bonchev–Trinajstić information content (AvgIpc) is 2.80. The summed E-state index contributed by atoms with van der Waals surface area (Å²) in [6, 6.07) is 17.6. The monoisotopic (exact) mass is 398 g/mol. The van der Waals surface area contributed by atoms with Gasteiger partial charge in [-0.15, -0.1) is 0 Å². The molecule has 0 radical (unpaired) electrons. The summed E-state index contributed by atoms with van der Waals surface area (Å²) in [5.41, 5.74) is 5.61. The number of phenols is 1. The summed E-state index contributed by atoms with van der Waals surface area (Å²) < 4.78 is 5.14. The molecule has 2 aromatic heterocycles. The molecule has 7 nitrogen and oxygen atoms in total. The number of rotatable bonds is 5. The van der Waals surface area contributed by atoms with Crippen molar-refractivity contribution in [3.63, 3.8) is 0 Å². The Morgan fingerprint density at radius 1 is 1.10 bits per heavy atom. The number of amides is 1. The maximum absolute atomic E-state index is 12.9. The maximum atomic E-state index is 12.9. The average molecular weight is 398 g/mol. The van der Waals surface area contributed by atoms with E-state index in [9.17, 15) is 9.90 Å². The minimum atomic E-state index is -0.387. The standard InChI is InChI=1S/C23H18N4O3/c1-30-17-6-7-22(28)16(12-17)14-25-27-23(29)19-13-21(15-8-10-24-11-9-15)26-20-5-3-2-4-18(19)20/h2-14,28H,1H3,(H,27,29)/b25-14+. The molecule has 0 bridgehead atoms. The van der Waals surface area contributed by atoms with Gasteiger partial charge in [-0.05, 0) is 42.5 Å². The highest BCUT2D eigenvalue weighted by molar-refractivity contribution is 6.07. The first-order chi connectivity index (χ1) is 14.7. The summed E-state index contributed by atoms with van der Waals surface area (Å²) >= 11 is 0. The number of hydrogen-bond donors (Lipinski definition) is 2. The SMILES string of the molecule is COc1ccc(O)c(/C=N/NC(=O)c2cc(-c3ccncc3)nc3ccccc23)c1. The number of carbonyl (C=O) groups excluding carboxylic acids is 1. The van der Waals surface area contributed by atoms with E-state index in [1.54, 1.807) is 30.6 Å². The molecule has 4 aromatic rings.